The number of carboxylic acids is 1. The van der Waals surface area contributed by atoms with Crippen molar-refractivity contribution in [2.45, 2.75) is 19.8 Å². The van der Waals surface area contributed by atoms with Crippen LogP contribution in [0.25, 0.3) is 0 Å². The Bertz CT molecular complexity index is 436. The number of carboxylic acid groups (broad SMARTS) is 1. The summed E-state index contributed by atoms with van der Waals surface area (Å²) in [6.07, 6.45) is 3.51. The Hall–Kier alpha value is -2.18. The van der Waals surface area contributed by atoms with E-state index in [0.717, 1.165) is 0 Å². The topological polar surface area (TPSA) is 118 Å². The molecular formula is C11H16N4O3. The number of nitrogens with one attached hydrogen (secondary N) is 1. The second-order valence-electron chi connectivity index (χ2n) is 4.04. The lowest BCUT2D eigenvalue weighted by Gasteiger charge is -2.12. The number of hydrogen-bond acceptors (Lipinski definition) is 5. The molecule has 0 aliphatic rings. The molecule has 7 nitrogen and oxygen atoms in total. The van der Waals surface area contributed by atoms with Crippen LogP contribution in [0.5, 0.6) is 0 Å². The average Bonchev–Trinajstić information content (AvgIpc) is 2.34. The van der Waals surface area contributed by atoms with Crippen LogP contribution in [0, 0.1) is 5.92 Å². The first-order chi connectivity index (χ1) is 8.50. The van der Waals surface area contributed by atoms with Crippen LogP contribution in [0.4, 0.5) is 5.82 Å². The number of anilines is 1. The fourth-order valence-electron chi connectivity index (χ4n) is 1.39. The molecule has 0 aliphatic heterocycles. The number of amides is 1. The van der Waals surface area contributed by atoms with Crippen molar-refractivity contribution in [3.63, 3.8) is 0 Å². The van der Waals surface area contributed by atoms with Gasteiger partial charge in [-0.05, 0) is 12.3 Å². The molecule has 0 fully saturated rings. The van der Waals surface area contributed by atoms with Gasteiger partial charge in [0, 0.05) is 25.4 Å². The fourth-order valence-corrected chi connectivity index (χ4v) is 1.39. The quantitative estimate of drug-likeness (QED) is 0.649. The summed E-state index contributed by atoms with van der Waals surface area (Å²) in [5, 5.41) is 11.5. The third-order valence-corrected chi connectivity index (χ3v) is 2.40. The van der Waals surface area contributed by atoms with Gasteiger partial charge in [0.15, 0.2) is 11.5 Å². The van der Waals surface area contributed by atoms with Crippen molar-refractivity contribution in [3.8, 4) is 0 Å². The number of nitrogens with zero attached hydrogens (tertiary/aromatic N) is 2. The number of rotatable bonds is 7. The zero-order valence-corrected chi connectivity index (χ0v) is 10.1. The van der Waals surface area contributed by atoms with Crippen LogP contribution in [-0.4, -0.2) is 33.5 Å². The van der Waals surface area contributed by atoms with Gasteiger partial charge in [0.25, 0.3) is 5.91 Å². The van der Waals surface area contributed by atoms with Gasteiger partial charge >= 0.3 is 5.97 Å². The van der Waals surface area contributed by atoms with E-state index in [0.29, 0.717) is 18.8 Å². The molecule has 1 amide bonds. The van der Waals surface area contributed by atoms with E-state index in [1.54, 1.807) is 0 Å². The van der Waals surface area contributed by atoms with Gasteiger partial charge < -0.3 is 16.2 Å². The van der Waals surface area contributed by atoms with E-state index in [2.05, 4.69) is 15.3 Å². The summed E-state index contributed by atoms with van der Waals surface area (Å²) < 4.78 is 0. The van der Waals surface area contributed by atoms with Crippen LogP contribution in [0.15, 0.2) is 12.4 Å². The van der Waals surface area contributed by atoms with Gasteiger partial charge in [-0.2, -0.15) is 0 Å². The average molecular weight is 252 g/mol. The van der Waals surface area contributed by atoms with Crippen LogP contribution in [-0.2, 0) is 4.79 Å². The summed E-state index contributed by atoms with van der Waals surface area (Å²) >= 11 is 0. The normalized spacial score (nSPS) is 11.8. The summed E-state index contributed by atoms with van der Waals surface area (Å²) in [7, 11) is 0. The first-order valence-electron chi connectivity index (χ1n) is 5.57. The molecule has 0 aromatic carbocycles. The lowest BCUT2D eigenvalue weighted by Crippen LogP contribution is -2.20. The Kier molecular flexibility index (Phi) is 5.04. The first kappa shape index (κ1) is 13.9. The van der Waals surface area contributed by atoms with E-state index in [-0.39, 0.29) is 18.0 Å². The summed E-state index contributed by atoms with van der Waals surface area (Å²) in [6, 6.07) is 0. The molecule has 98 valence electrons. The smallest absolute Gasteiger partial charge is 0.303 e. The van der Waals surface area contributed by atoms with E-state index < -0.39 is 11.9 Å². The number of carbonyl (C=O) groups excluding carboxylic acids is 1. The van der Waals surface area contributed by atoms with Crippen molar-refractivity contribution in [2.75, 3.05) is 11.9 Å². The van der Waals surface area contributed by atoms with Gasteiger partial charge in [0.05, 0.1) is 0 Å². The maximum absolute atomic E-state index is 11.1. The molecule has 0 aliphatic carbocycles. The van der Waals surface area contributed by atoms with Gasteiger partial charge in [-0.3, -0.25) is 9.59 Å². The number of primary amides is 1. The second-order valence-corrected chi connectivity index (χ2v) is 4.04. The molecule has 1 heterocycles. The highest BCUT2D eigenvalue weighted by Gasteiger charge is 2.12. The summed E-state index contributed by atoms with van der Waals surface area (Å²) in [5.41, 5.74) is 5.25. The Morgan fingerprint density at radius 1 is 1.44 bits per heavy atom. The van der Waals surface area contributed by atoms with E-state index in [4.69, 9.17) is 10.8 Å². The van der Waals surface area contributed by atoms with Crippen molar-refractivity contribution in [1.82, 2.24) is 9.97 Å². The monoisotopic (exact) mass is 252 g/mol. The minimum absolute atomic E-state index is 0.0861. The van der Waals surface area contributed by atoms with E-state index in [1.807, 2.05) is 6.92 Å². The molecule has 0 saturated heterocycles. The predicted molar refractivity (Wildman–Crippen MR) is 65.1 cm³/mol. The standard InChI is InChI=1S/C11H16N4O3/c1-7(2-3-8(16)17)6-15-11-9(10(12)18)13-4-5-14-11/h4-5,7H,2-3,6H2,1H3,(H2,12,18)(H,14,15)(H,16,17). The predicted octanol–water partition coefficient (Wildman–Crippen LogP) is 0.488. The molecular weight excluding hydrogens is 236 g/mol. The SMILES string of the molecule is CC(CCC(=O)O)CNc1nccnc1C(N)=O. The molecule has 0 spiro atoms. The zero-order chi connectivity index (χ0) is 13.5. The molecule has 1 aromatic rings. The van der Waals surface area contributed by atoms with Crippen molar-refractivity contribution < 1.29 is 14.7 Å². The molecule has 1 rings (SSSR count). The maximum atomic E-state index is 11.1. The van der Waals surface area contributed by atoms with Crippen LogP contribution < -0.4 is 11.1 Å². The lowest BCUT2D eigenvalue weighted by atomic mass is 10.1. The maximum Gasteiger partial charge on any atom is 0.303 e. The van der Waals surface area contributed by atoms with Gasteiger partial charge in [-0.15, -0.1) is 0 Å². The van der Waals surface area contributed by atoms with Gasteiger partial charge in [-0.25, -0.2) is 9.97 Å². The third kappa shape index (κ3) is 4.36. The third-order valence-electron chi connectivity index (χ3n) is 2.40. The number of aliphatic carboxylic acids is 1. The Morgan fingerprint density at radius 2 is 2.11 bits per heavy atom. The molecule has 0 radical (unpaired) electrons. The molecule has 1 aromatic heterocycles. The molecule has 0 bridgehead atoms. The molecule has 1 unspecified atom stereocenters. The Morgan fingerprint density at radius 3 is 2.72 bits per heavy atom. The second kappa shape index (κ2) is 6.53. The minimum Gasteiger partial charge on any atom is -0.481 e. The highest BCUT2D eigenvalue weighted by molar-refractivity contribution is 5.95. The van der Waals surface area contributed by atoms with Crippen molar-refractivity contribution in [2.24, 2.45) is 11.7 Å². The fraction of sp³-hybridized carbons (Fsp3) is 0.455. The van der Waals surface area contributed by atoms with E-state index in [1.165, 1.54) is 12.4 Å². The number of nitrogens with two attached hydrogens (primary N) is 1. The minimum atomic E-state index is -0.820. The number of hydrogen-bond donors (Lipinski definition) is 3. The van der Waals surface area contributed by atoms with Gasteiger partial charge in [0.1, 0.15) is 0 Å². The molecule has 4 N–H and O–H groups in total. The summed E-state index contributed by atoms with van der Waals surface area (Å²) in [4.78, 5) is 29.3. The van der Waals surface area contributed by atoms with Gasteiger partial charge in [0.2, 0.25) is 0 Å². The van der Waals surface area contributed by atoms with Crippen LogP contribution in [0.2, 0.25) is 0 Å². The van der Waals surface area contributed by atoms with Gasteiger partial charge in [-0.1, -0.05) is 6.92 Å². The van der Waals surface area contributed by atoms with Crippen molar-refractivity contribution in [3.05, 3.63) is 18.1 Å². The summed E-state index contributed by atoms with van der Waals surface area (Å²) in [5.74, 6) is -1.00. The largest absolute Gasteiger partial charge is 0.481 e. The molecule has 1 atom stereocenters. The van der Waals surface area contributed by atoms with Crippen LogP contribution in [0.1, 0.15) is 30.3 Å². The van der Waals surface area contributed by atoms with E-state index in [9.17, 15) is 9.59 Å². The Labute approximate surface area is 104 Å². The number of aromatic nitrogens is 2. The highest BCUT2D eigenvalue weighted by atomic mass is 16.4. The lowest BCUT2D eigenvalue weighted by molar-refractivity contribution is -0.137. The number of carbonyl (C=O) groups is 2. The molecule has 18 heavy (non-hydrogen) atoms. The molecule has 7 heteroatoms. The van der Waals surface area contributed by atoms with Crippen molar-refractivity contribution in [1.29, 1.82) is 0 Å². The molecule has 0 saturated carbocycles. The first-order valence-corrected chi connectivity index (χ1v) is 5.57. The highest BCUT2D eigenvalue weighted by Crippen LogP contribution is 2.10. The van der Waals surface area contributed by atoms with E-state index >= 15 is 0 Å². The zero-order valence-electron chi connectivity index (χ0n) is 10.1. The van der Waals surface area contributed by atoms with Crippen LogP contribution in [0.3, 0.4) is 0 Å². The van der Waals surface area contributed by atoms with Crippen molar-refractivity contribution >= 4 is 17.7 Å². The Balaban J connectivity index is 2.53. The van der Waals surface area contributed by atoms with Crippen LogP contribution >= 0.6 is 0 Å². The summed E-state index contributed by atoms with van der Waals surface area (Å²) in [6.45, 7) is 2.42.